The van der Waals surface area contributed by atoms with Gasteiger partial charge in [-0.3, -0.25) is 9.59 Å². The van der Waals surface area contributed by atoms with Gasteiger partial charge in [-0.1, -0.05) is 142 Å². The Bertz CT molecular complexity index is 2300. The summed E-state index contributed by atoms with van der Waals surface area (Å²) in [5, 5.41) is 2.23. The third-order valence-corrected chi connectivity index (χ3v) is 17.6. The number of benzene rings is 4. The molecule has 0 N–H and O–H groups in total. The second-order valence-electron chi connectivity index (χ2n) is 17.7. The Balaban J connectivity index is 1.16. The molecule has 7 rings (SSSR count). The van der Waals surface area contributed by atoms with Crippen molar-refractivity contribution in [2.24, 2.45) is 5.41 Å². The first-order chi connectivity index (χ1) is 31.0. The number of furan rings is 1. The number of likely N-dealkylation sites (tertiary alicyclic amines) is 1. The summed E-state index contributed by atoms with van der Waals surface area (Å²) in [6.07, 6.45) is 4.16. The van der Waals surface area contributed by atoms with Crippen LogP contribution in [-0.2, 0) is 57.4 Å². The van der Waals surface area contributed by atoms with E-state index < -0.39 is 37.8 Å². The van der Waals surface area contributed by atoms with Crippen LogP contribution in [0.1, 0.15) is 87.1 Å². The van der Waals surface area contributed by atoms with Gasteiger partial charge in [0.15, 0.2) is 0 Å². The highest BCUT2D eigenvalue weighted by atomic mass is 28.4. The number of carbonyl (C=O) groups is 3. The van der Waals surface area contributed by atoms with E-state index in [2.05, 4.69) is 69.3 Å². The molecule has 2 heterocycles. The first kappa shape index (κ1) is 46.4. The number of esters is 2. The number of amides is 1. The SMILES string of the molecule is COC(=O)/C=C1/c2cc(CCCO[Si](c3ccccc3)(c3ccccc3)C(C)(C)C)oc2[C@H]2N(C(=O)CCCCOCc3ccccc3)[C@H](COCc3ccccc3)C[C@@]12C(=O)OC. The molecule has 3 atom stereocenters. The number of ether oxygens (including phenoxy) is 4. The summed E-state index contributed by atoms with van der Waals surface area (Å²) >= 11 is 0. The summed E-state index contributed by atoms with van der Waals surface area (Å²) < 4.78 is 36.9. The maximum absolute atomic E-state index is 14.7. The van der Waals surface area contributed by atoms with Crippen LogP contribution in [0.25, 0.3) is 5.57 Å². The van der Waals surface area contributed by atoms with Crippen LogP contribution in [0.4, 0.5) is 0 Å². The summed E-state index contributed by atoms with van der Waals surface area (Å²) in [6, 6.07) is 41.4. The minimum Gasteiger partial charge on any atom is -0.468 e. The van der Waals surface area contributed by atoms with Crippen molar-refractivity contribution in [3.63, 3.8) is 0 Å². The number of aryl methyl sites for hydroxylation is 1. The smallest absolute Gasteiger partial charge is 0.330 e. The molecule has 2 aliphatic rings. The molecule has 0 radical (unpaired) electrons. The molecule has 0 unspecified atom stereocenters. The molecule has 1 fully saturated rings. The number of hydrogen-bond donors (Lipinski definition) is 0. The number of hydrogen-bond acceptors (Lipinski definition) is 9. The fraction of sp³-hybridized carbons (Fsp3) is 0.377. The molecule has 0 saturated carbocycles. The van der Waals surface area contributed by atoms with E-state index in [4.69, 9.17) is 27.8 Å². The Morgan fingerprint density at radius 3 is 1.89 bits per heavy atom. The summed E-state index contributed by atoms with van der Waals surface area (Å²) in [6.45, 7) is 8.72. The first-order valence-corrected chi connectivity index (χ1v) is 24.3. The zero-order valence-corrected chi connectivity index (χ0v) is 38.8. The third-order valence-electron chi connectivity index (χ3n) is 12.6. The van der Waals surface area contributed by atoms with Crippen molar-refractivity contribution in [1.29, 1.82) is 0 Å². The molecular formula is C53H61NO9Si. The summed E-state index contributed by atoms with van der Waals surface area (Å²) in [4.78, 5) is 44.0. The van der Waals surface area contributed by atoms with Crippen molar-refractivity contribution in [1.82, 2.24) is 4.90 Å². The molecule has 64 heavy (non-hydrogen) atoms. The Morgan fingerprint density at radius 2 is 1.33 bits per heavy atom. The Labute approximate surface area is 378 Å². The minimum absolute atomic E-state index is 0.144. The van der Waals surface area contributed by atoms with E-state index >= 15 is 0 Å². The van der Waals surface area contributed by atoms with E-state index in [9.17, 15) is 14.4 Å². The van der Waals surface area contributed by atoms with Gasteiger partial charge in [-0.25, -0.2) is 4.79 Å². The zero-order valence-electron chi connectivity index (χ0n) is 37.8. The number of fused-ring (bicyclic) bond motifs is 3. The van der Waals surface area contributed by atoms with Crippen LogP contribution in [0.2, 0.25) is 5.04 Å². The van der Waals surface area contributed by atoms with Gasteiger partial charge in [0.25, 0.3) is 8.32 Å². The molecule has 11 heteroatoms. The highest BCUT2D eigenvalue weighted by molar-refractivity contribution is 6.99. The predicted octanol–water partition coefficient (Wildman–Crippen LogP) is 8.76. The number of methoxy groups -OCH3 is 2. The normalized spacial score (nSPS) is 18.8. The fourth-order valence-electron chi connectivity index (χ4n) is 9.72. The van der Waals surface area contributed by atoms with E-state index in [0.29, 0.717) is 74.8 Å². The van der Waals surface area contributed by atoms with Crippen molar-refractivity contribution in [3.05, 3.63) is 162 Å². The van der Waals surface area contributed by atoms with Crippen LogP contribution in [-0.4, -0.2) is 71.1 Å². The average Bonchev–Trinajstić information content (AvgIpc) is 3.95. The third kappa shape index (κ3) is 9.73. The van der Waals surface area contributed by atoms with Gasteiger partial charge in [-0.05, 0) is 63.9 Å². The predicted molar refractivity (Wildman–Crippen MR) is 249 cm³/mol. The van der Waals surface area contributed by atoms with Crippen LogP contribution in [0.15, 0.2) is 138 Å². The maximum Gasteiger partial charge on any atom is 0.330 e. The molecule has 336 valence electrons. The van der Waals surface area contributed by atoms with E-state index in [0.717, 1.165) is 11.1 Å². The van der Waals surface area contributed by atoms with Gasteiger partial charge in [0.2, 0.25) is 5.91 Å². The Kier molecular flexibility index (Phi) is 15.2. The molecule has 1 aliphatic heterocycles. The highest BCUT2D eigenvalue weighted by Crippen LogP contribution is 2.65. The molecule has 1 saturated heterocycles. The lowest BCUT2D eigenvalue weighted by Gasteiger charge is -2.43. The first-order valence-electron chi connectivity index (χ1n) is 22.3. The highest BCUT2D eigenvalue weighted by Gasteiger charge is 2.67. The van der Waals surface area contributed by atoms with Gasteiger partial charge in [-0.15, -0.1) is 0 Å². The Morgan fingerprint density at radius 1 is 0.750 bits per heavy atom. The minimum atomic E-state index is -2.77. The molecule has 4 aromatic carbocycles. The van der Waals surface area contributed by atoms with Crippen molar-refractivity contribution in [2.75, 3.05) is 34.0 Å². The van der Waals surface area contributed by atoms with Crippen LogP contribution in [0.3, 0.4) is 0 Å². The number of carbonyl (C=O) groups excluding carboxylic acids is 3. The van der Waals surface area contributed by atoms with Crippen molar-refractivity contribution in [2.45, 2.75) is 89.6 Å². The topological polar surface area (TPSA) is 114 Å². The summed E-state index contributed by atoms with van der Waals surface area (Å²) in [5.41, 5.74) is 1.66. The fourth-order valence-corrected chi connectivity index (χ4v) is 14.3. The lowest BCUT2D eigenvalue weighted by atomic mass is 9.76. The van der Waals surface area contributed by atoms with Gasteiger partial charge in [-0.2, -0.15) is 0 Å². The van der Waals surface area contributed by atoms with E-state index in [-0.39, 0.29) is 30.4 Å². The molecule has 0 bridgehead atoms. The molecule has 0 spiro atoms. The standard InChI is InChI=1S/C53H61NO9Si/c1-52(2,3)64(43-26-14-8-15-27-43,44-28-16-9-17-29-44)62-32-20-25-42-33-45-46(34-48(56)58-4)53(51(57)59-5)35-41(38-61-37-40-23-12-7-13-24-40)54(50(53)49(45)63-42)47(55)30-18-19-31-60-36-39-21-10-6-11-22-39/h6-17,21-24,26-29,33-34,41,50H,18-20,25,30-32,35-38H2,1-5H3/b46-34-/t41-,50+,53+/m0/s1. The molecular weight excluding hydrogens is 823 g/mol. The van der Waals surface area contributed by atoms with Crippen LogP contribution in [0.5, 0.6) is 0 Å². The second-order valence-corrected chi connectivity index (χ2v) is 22.0. The van der Waals surface area contributed by atoms with Crippen LogP contribution < -0.4 is 10.4 Å². The monoisotopic (exact) mass is 883 g/mol. The van der Waals surface area contributed by atoms with E-state index in [1.165, 1.54) is 30.7 Å². The Hall–Kier alpha value is -5.59. The van der Waals surface area contributed by atoms with Gasteiger partial charge in [0, 0.05) is 37.7 Å². The average molecular weight is 884 g/mol. The van der Waals surface area contributed by atoms with Crippen LogP contribution >= 0.6 is 0 Å². The quantitative estimate of drug-likeness (QED) is 0.0328. The summed E-state index contributed by atoms with van der Waals surface area (Å²) in [5.74, 6) is -0.208. The zero-order chi connectivity index (χ0) is 45.2. The molecule has 10 nitrogen and oxygen atoms in total. The van der Waals surface area contributed by atoms with Gasteiger partial charge in [0.05, 0.1) is 40.1 Å². The van der Waals surface area contributed by atoms with Crippen molar-refractivity contribution >= 4 is 42.1 Å². The van der Waals surface area contributed by atoms with Crippen molar-refractivity contribution in [3.8, 4) is 0 Å². The van der Waals surface area contributed by atoms with Crippen molar-refractivity contribution < 1.29 is 42.2 Å². The molecule has 5 aromatic rings. The number of unbranched alkanes of at least 4 members (excludes halogenated alkanes) is 1. The van der Waals surface area contributed by atoms with Gasteiger partial charge < -0.3 is 32.7 Å². The molecule has 1 aromatic heterocycles. The lowest BCUT2D eigenvalue weighted by Crippen LogP contribution is -2.66. The van der Waals surface area contributed by atoms with Crippen LogP contribution in [0, 0.1) is 5.41 Å². The maximum atomic E-state index is 14.7. The van der Waals surface area contributed by atoms with Gasteiger partial charge >= 0.3 is 11.9 Å². The number of nitrogens with zero attached hydrogens (tertiary/aromatic N) is 1. The molecule has 1 amide bonds. The van der Waals surface area contributed by atoms with Gasteiger partial charge in [0.1, 0.15) is 23.0 Å². The van der Waals surface area contributed by atoms with E-state index in [1.54, 1.807) is 4.90 Å². The van der Waals surface area contributed by atoms with E-state index in [1.807, 2.05) is 78.9 Å². The summed E-state index contributed by atoms with van der Waals surface area (Å²) in [7, 11) is -0.131. The second kappa shape index (κ2) is 20.9. The largest absolute Gasteiger partial charge is 0.468 e. The number of rotatable bonds is 20. The molecule has 1 aliphatic carbocycles. The lowest BCUT2D eigenvalue weighted by molar-refractivity contribution is -0.151.